The molecule has 0 radical (unpaired) electrons. The summed E-state index contributed by atoms with van der Waals surface area (Å²) in [7, 11) is 4.91. The third-order valence-electron chi connectivity index (χ3n) is 2.93. The van der Waals surface area contributed by atoms with E-state index in [2.05, 4.69) is 15.3 Å². The Bertz CT molecular complexity index is 662. The van der Waals surface area contributed by atoms with Gasteiger partial charge in [-0.3, -0.25) is 10.1 Å². The minimum atomic E-state index is -0.508. The van der Waals surface area contributed by atoms with Gasteiger partial charge in [0.2, 0.25) is 11.8 Å². The number of nitrogens with one attached hydrogen (secondary N) is 1. The third-order valence-corrected chi connectivity index (χ3v) is 2.93. The molecule has 2 aromatic rings. The van der Waals surface area contributed by atoms with Crippen LogP contribution in [0.2, 0.25) is 0 Å². The number of aromatic nitrogens is 2. The van der Waals surface area contributed by atoms with Crippen molar-refractivity contribution in [2.75, 3.05) is 31.4 Å². The summed E-state index contributed by atoms with van der Waals surface area (Å²) in [5.41, 5.74) is 0.553. The first-order chi connectivity index (χ1) is 10.1. The lowest BCUT2D eigenvalue weighted by Crippen LogP contribution is -2.15. The molecule has 0 spiro atoms. The highest BCUT2D eigenvalue weighted by Gasteiger charge is 2.21. The zero-order chi connectivity index (χ0) is 15.4. The van der Waals surface area contributed by atoms with Crippen molar-refractivity contribution in [3.8, 4) is 5.75 Å². The number of methoxy groups -OCH3 is 1. The van der Waals surface area contributed by atoms with Gasteiger partial charge in [0.25, 0.3) is 0 Å². The van der Waals surface area contributed by atoms with Crippen LogP contribution in [0.25, 0.3) is 0 Å². The molecule has 21 heavy (non-hydrogen) atoms. The summed E-state index contributed by atoms with van der Waals surface area (Å²) in [4.78, 5) is 20.3. The first-order valence-corrected chi connectivity index (χ1v) is 6.13. The van der Waals surface area contributed by atoms with Crippen LogP contribution in [-0.4, -0.2) is 36.1 Å². The highest BCUT2D eigenvalue weighted by atomic mass is 16.6. The van der Waals surface area contributed by atoms with E-state index in [0.29, 0.717) is 11.7 Å². The van der Waals surface area contributed by atoms with Crippen molar-refractivity contribution in [1.29, 1.82) is 0 Å². The number of hydrogen-bond donors (Lipinski definition) is 1. The molecular formula is C13H15N5O3. The van der Waals surface area contributed by atoms with Crippen LogP contribution in [0.5, 0.6) is 5.75 Å². The van der Waals surface area contributed by atoms with Crippen LogP contribution >= 0.6 is 0 Å². The average Bonchev–Trinajstić information content (AvgIpc) is 2.53. The predicted octanol–water partition coefficient (Wildman–Crippen LogP) is 2.20. The van der Waals surface area contributed by atoms with Crippen LogP contribution in [0.4, 0.5) is 23.1 Å². The molecule has 0 bridgehead atoms. The van der Waals surface area contributed by atoms with Crippen molar-refractivity contribution in [2.24, 2.45) is 0 Å². The lowest BCUT2D eigenvalue weighted by atomic mass is 10.2. The lowest BCUT2D eigenvalue weighted by molar-refractivity contribution is -0.384. The molecule has 1 aromatic carbocycles. The Morgan fingerprint density at radius 1 is 1.43 bits per heavy atom. The second-order valence-corrected chi connectivity index (χ2v) is 4.17. The van der Waals surface area contributed by atoms with Crippen LogP contribution in [0, 0.1) is 10.1 Å². The molecule has 8 nitrogen and oxygen atoms in total. The molecule has 0 unspecified atom stereocenters. The predicted molar refractivity (Wildman–Crippen MR) is 79.3 cm³/mol. The van der Waals surface area contributed by atoms with Gasteiger partial charge in [-0.05, 0) is 12.1 Å². The Kier molecular flexibility index (Phi) is 4.17. The summed E-state index contributed by atoms with van der Waals surface area (Å²) in [6.45, 7) is 0. The van der Waals surface area contributed by atoms with E-state index in [0.717, 1.165) is 5.69 Å². The average molecular weight is 289 g/mol. The van der Waals surface area contributed by atoms with Gasteiger partial charge in [-0.1, -0.05) is 6.07 Å². The van der Waals surface area contributed by atoms with Gasteiger partial charge in [-0.2, -0.15) is 4.98 Å². The smallest absolute Gasteiger partial charge is 0.330 e. The lowest BCUT2D eigenvalue weighted by Gasteiger charge is -2.19. The fourth-order valence-corrected chi connectivity index (χ4v) is 1.80. The number of nitro groups is 1. The van der Waals surface area contributed by atoms with E-state index in [-0.39, 0.29) is 11.5 Å². The summed E-state index contributed by atoms with van der Waals surface area (Å²) in [5, 5.41) is 13.9. The molecule has 1 aromatic heterocycles. The van der Waals surface area contributed by atoms with Crippen molar-refractivity contribution in [3.63, 3.8) is 0 Å². The second-order valence-electron chi connectivity index (χ2n) is 4.17. The van der Waals surface area contributed by atoms with Crippen LogP contribution in [-0.2, 0) is 0 Å². The summed E-state index contributed by atoms with van der Waals surface area (Å²) in [6.07, 6.45) is 1.19. The molecule has 2 rings (SSSR count). The van der Waals surface area contributed by atoms with E-state index in [9.17, 15) is 10.1 Å². The molecule has 0 saturated carbocycles. The summed E-state index contributed by atoms with van der Waals surface area (Å²) < 4.78 is 5.16. The van der Waals surface area contributed by atoms with Crippen molar-refractivity contribution in [3.05, 3.63) is 40.6 Å². The molecule has 1 heterocycles. The van der Waals surface area contributed by atoms with Crippen molar-refractivity contribution < 1.29 is 9.66 Å². The molecule has 0 aliphatic rings. The number of rotatable bonds is 5. The van der Waals surface area contributed by atoms with Crippen LogP contribution in [0.1, 0.15) is 0 Å². The maximum atomic E-state index is 11.1. The second kappa shape index (κ2) is 6.04. The van der Waals surface area contributed by atoms with Gasteiger partial charge in [-0.15, -0.1) is 0 Å². The maximum Gasteiger partial charge on any atom is 0.330 e. The molecule has 0 aliphatic carbocycles. The Balaban J connectivity index is 2.50. The molecule has 0 aliphatic heterocycles. The summed E-state index contributed by atoms with van der Waals surface area (Å²) >= 11 is 0. The summed E-state index contributed by atoms with van der Waals surface area (Å²) in [6, 6.07) is 7.18. The molecule has 110 valence electrons. The van der Waals surface area contributed by atoms with Gasteiger partial charge in [0.1, 0.15) is 11.9 Å². The van der Waals surface area contributed by atoms with Crippen LogP contribution < -0.4 is 15.0 Å². The fourth-order valence-electron chi connectivity index (χ4n) is 1.80. The monoisotopic (exact) mass is 289 g/mol. The third kappa shape index (κ3) is 2.99. The normalized spacial score (nSPS) is 10.0. The van der Waals surface area contributed by atoms with E-state index in [1.54, 1.807) is 44.3 Å². The molecule has 8 heteroatoms. The standard InChI is InChI=1S/C13H15N5O3/c1-14-13-15-8-11(18(19)20)12(16-13)17(2)9-5-4-6-10(7-9)21-3/h4-8H,1-3H3,(H,14,15,16). The molecule has 0 atom stereocenters. The van der Waals surface area contributed by atoms with Crippen LogP contribution in [0.15, 0.2) is 30.5 Å². The number of benzene rings is 1. The molecule has 0 amide bonds. The van der Waals surface area contributed by atoms with Crippen molar-refractivity contribution in [1.82, 2.24) is 9.97 Å². The van der Waals surface area contributed by atoms with Crippen molar-refractivity contribution in [2.45, 2.75) is 0 Å². The zero-order valence-electron chi connectivity index (χ0n) is 11.9. The quantitative estimate of drug-likeness (QED) is 0.666. The first-order valence-electron chi connectivity index (χ1n) is 6.13. The largest absolute Gasteiger partial charge is 0.497 e. The Labute approximate surface area is 121 Å². The maximum absolute atomic E-state index is 11.1. The van der Waals surface area contributed by atoms with E-state index in [4.69, 9.17) is 4.74 Å². The number of ether oxygens (including phenoxy) is 1. The fraction of sp³-hybridized carbons (Fsp3) is 0.231. The number of anilines is 3. The van der Waals surface area contributed by atoms with E-state index < -0.39 is 4.92 Å². The highest BCUT2D eigenvalue weighted by molar-refractivity contribution is 5.69. The van der Waals surface area contributed by atoms with Gasteiger partial charge >= 0.3 is 5.69 Å². The molecule has 1 N–H and O–H groups in total. The number of nitrogens with zero attached hydrogens (tertiary/aromatic N) is 4. The minimum Gasteiger partial charge on any atom is -0.497 e. The number of hydrogen-bond acceptors (Lipinski definition) is 7. The SMILES string of the molecule is CNc1ncc([N+](=O)[O-])c(N(C)c2cccc(OC)c2)n1. The van der Waals surface area contributed by atoms with E-state index in [1.165, 1.54) is 6.20 Å². The topological polar surface area (TPSA) is 93.4 Å². The zero-order valence-corrected chi connectivity index (χ0v) is 11.9. The van der Waals surface area contributed by atoms with Gasteiger partial charge in [-0.25, -0.2) is 4.98 Å². The van der Waals surface area contributed by atoms with Gasteiger partial charge in [0, 0.05) is 25.8 Å². The van der Waals surface area contributed by atoms with E-state index >= 15 is 0 Å². The minimum absolute atomic E-state index is 0.167. The Morgan fingerprint density at radius 2 is 2.19 bits per heavy atom. The van der Waals surface area contributed by atoms with Gasteiger partial charge < -0.3 is 15.0 Å². The Hall–Kier alpha value is -2.90. The van der Waals surface area contributed by atoms with Crippen molar-refractivity contribution >= 4 is 23.1 Å². The molecule has 0 saturated heterocycles. The van der Waals surface area contributed by atoms with Gasteiger partial charge in [0.15, 0.2) is 0 Å². The summed E-state index contributed by atoms with van der Waals surface area (Å²) in [5.74, 6) is 1.17. The highest BCUT2D eigenvalue weighted by Crippen LogP contribution is 2.32. The van der Waals surface area contributed by atoms with Gasteiger partial charge in [0.05, 0.1) is 12.0 Å². The Morgan fingerprint density at radius 3 is 2.81 bits per heavy atom. The molecular weight excluding hydrogens is 274 g/mol. The molecule has 0 fully saturated rings. The first kappa shape index (κ1) is 14.5. The van der Waals surface area contributed by atoms with E-state index in [1.807, 2.05) is 6.07 Å². The van der Waals surface area contributed by atoms with Crippen LogP contribution in [0.3, 0.4) is 0 Å².